The van der Waals surface area contributed by atoms with Gasteiger partial charge in [0.1, 0.15) is 5.82 Å². The number of halogens is 1. The van der Waals surface area contributed by atoms with Crippen LogP contribution in [0, 0.1) is 5.82 Å². The van der Waals surface area contributed by atoms with E-state index in [9.17, 15) is 14.0 Å². The molecule has 0 aliphatic heterocycles. The molecule has 0 fully saturated rings. The van der Waals surface area contributed by atoms with Crippen molar-refractivity contribution in [3.8, 4) is 0 Å². The molecule has 0 aromatic heterocycles. The van der Waals surface area contributed by atoms with Crippen LogP contribution in [0.25, 0.3) is 6.08 Å². The number of carbonyl (C=O) groups is 2. The minimum absolute atomic E-state index is 0.222. The van der Waals surface area contributed by atoms with Crippen LogP contribution in [0.1, 0.15) is 15.9 Å². The number of primary amides is 1. The predicted molar refractivity (Wildman–Crippen MR) is 82.5 cm³/mol. The molecular formula is C16H14FN3O2. The lowest BCUT2D eigenvalue weighted by molar-refractivity contribution is 0.100. The van der Waals surface area contributed by atoms with E-state index in [0.29, 0.717) is 5.69 Å². The number of para-hydroxylation sites is 1. The Morgan fingerprint density at radius 3 is 2.41 bits per heavy atom. The first-order valence-corrected chi connectivity index (χ1v) is 6.45. The van der Waals surface area contributed by atoms with E-state index in [4.69, 9.17) is 5.73 Å². The second-order valence-electron chi connectivity index (χ2n) is 4.39. The molecule has 0 aliphatic rings. The van der Waals surface area contributed by atoms with Crippen molar-refractivity contribution in [1.82, 2.24) is 5.32 Å². The van der Waals surface area contributed by atoms with Crippen molar-refractivity contribution >= 4 is 23.7 Å². The summed E-state index contributed by atoms with van der Waals surface area (Å²) >= 11 is 0. The van der Waals surface area contributed by atoms with Crippen LogP contribution in [-0.2, 0) is 0 Å². The molecule has 0 saturated heterocycles. The lowest BCUT2D eigenvalue weighted by Gasteiger charge is -2.08. The highest BCUT2D eigenvalue weighted by molar-refractivity contribution is 6.02. The summed E-state index contributed by atoms with van der Waals surface area (Å²) < 4.78 is 12.7. The SMILES string of the molecule is NC(=O)c1ccccc1NC(=O)N/C=C/c1ccc(F)cc1. The summed E-state index contributed by atoms with van der Waals surface area (Å²) in [6.45, 7) is 0. The van der Waals surface area contributed by atoms with Crippen LogP contribution in [0.2, 0.25) is 0 Å². The van der Waals surface area contributed by atoms with Gasteiger partial charge in [-0.25, -0.2) is 9.18 Å². The normalized spacial score (nSPS) is 10.4. The molecule has 0 bridgehead atoms. The van der Waals surface area contributed by atoms with E-state index < -0.39 is 11.9 Å². The predicted octanol–water partition coefficient (Wildman–Crippen LogP) is 2.72. The molecule has 0 radical (unpaired) electrons. The molecule has 2 rings (SSSR count). The molecule has 22 heavy (non-hydrogen) atoms. The van der Waals surface area contributed by atoms with Gasteiger partial charge in [0.2, 0.25) is 0 Å². The number of hydrogen-bond acceptors (Lipinski definition) is 2. The van der Waals surface area contributed by atoms with Crippen LogP contribution < -0.4 is 16.4 Å². The van der Waals surface area contributed by atoms with Gasteiger partial charge in [-0.3, -0.25) is 4.79 Å². The van der Waals surface area contributed by atoms with Crippen LogP contribution >= 0.6 is 0 Å². The lowest BCUT2D eigenvalue weighted by Crippen LogP contribution is -2.25. The van der Waals surface area contributed by atoms with E-state index in [0.717, 1.165) is 5.56 Å². The van der Waals surface area contributed by atoms with Crippen LogP contribution in [0.15, 0.2) is 54.7 Å². The summed E-state index contributed by atoms with van der Waals surface area (Å²) in [6.07, 6.45) is 3.02. The molecule has 112 valence electrons. The molecule has 3 amide bonds. The number of amides is 3. The van der Waals surface area contributed by atoms with Gasteiger partial charge in [-0.2, -0.15) is 0 Å². The smallest absolute Gasteiger partial charge is 0.323 e. The minimum Gasteiger partial charge on any atom is -0.366 e. The summed E-state index contributed by atoms with van der Waals surface area (Å²) in [5.41, 5.74) is 6.50. The number of hydrogen-bond donors (Lipinski definition) is 3. The van der Waals surface area contributed by atoms with Crippen LogP contribution in [0.3, 0.4) is 0 Å². The van der Waals surface area contributed by atoms with Gasteiger partial charge in [-0.15, -0.1) is 0 Å². The number of carbonyl (C=O) groups excluding carboxylic acids is 2. The van der Waals surface area contributed by atoms with E-state index in [2.05, 4.69) is 10.6 Å². The van der Waals surface area contributed by atoms with Gasteiger partial charge in [0.15, 0.2) is 0 Å². The summed E-state index contributed by atoms with van der Waals surface area (Å²) in [4.78, 5) is 23.0. The first-order valence-electron chi connectivity index (χ1n) is 6.45. The molecule has 4 N–H and O–H groups in total. The molecule has 0 saturated carbocycles. The Kier molecular flexibility index (Phi) is 4.87. The molecule has 0 heterocycles. The van der Waals surface area contributed by atoms with Crippen molar-refractivity contribution in [3.63, 3.8) is 0 Å². The average Bonchev–Trinajstić information content (AvgIpc) is 2.49. The quantitative estimate of drug-likeness (QED) is 0.811. The van der Waals surface area contributed by atoms with Gasteiger partial charge >= 0.3 is 6.03 Å². The first-order chi connectivity index (χ1) is 10.6. The number of nitrogens with one attached hydrogen (secondary N) is 2. The van der Waals surface area contributed by atoms with Crippen LogP contribution in [0.5, 0.6) is 0 Å². The third-order valence-corrected chi connectivity index (χ3v) is 2.80. The monoisotopic (exact) mass is 299 g/mol. The largest absolute Gasteiger partial charge is 0.366 e. The van der Waals surface area contributed by atoms with Gasteiger partial charge in [-0.05, 0) is 35.9 Å². The molecular weight excluding hydrogens is 285 g/mol. The summed E-state index contributed by atoms with van der Waals surface area (Å²) in [5.74, 6) is -0.955. The third-order valence-electron chi connectivity index (χ3n) is 2.80. The molecule has 0 spiro atoms. The molecule has 5 nitrogen and oxygen atoms in total. The van der Waals surface area contributed by atoms with Crippen molar-refractivity contribution < 1.29 is 14.0 Å². The topological polar surface area (TPSA) is 84.2 Å². The van der Waals surface area contributed by atoms with E-state index in [1.165, 1.54) is 24.4 Å². The number of anilines is 1. The standard InChI is InChI=1S/C16H14FN3O2/c17-12-7-5-11(6-8-12)9-10-19-16(22)20-14-4-2-1-3-13(14)15(18)21/h1-10H,(H2,18,21)(H2,19,20,22)/b10-9+. The minimum atomic E-state index is -0.627. The van der Waals surface area contributed by atoms with E-state index in [1.807, 2.05) is 0 Å². The van der Waals surface area contributed by atoms with Gasteiger partial charge in [0.05, 0.1) is 11.3 Å². The fraction of sp³-hybridized carbons (Fsp3) is 0. The molecule has 0 atom stereocenters. The number of benzene rings is 2. The second kappa shape index (κ2) is 7.03. The number of nitrogens with two attached hydrogens (primary N) is 1. The van der Waals surface area contributed by atoms with Crippen LogP contribution in [0.4, 0.5) is 14.9 Å². The first kappa shape index (κ1) is 15.2. The van der Waals surface area contributed by atoms with Gasteiger partial charge < -0.3 is 16.4 Å². The van der Waals surface area contributed by atoms with Crippen LogP contribution in [-0.4, -0.2) is 11.9 Å². The zero-order chi connectivity index (χ0) is 15.9. The zero-order valence-electron chi connectivity index (χ0n) is 11.5. The fourth-order valence-electron chi connectivity index (χ4n) is 1.75. The fourth-order valence-corrected chi connectivity index (χ4v) is 1.75. The van der Waals surface area contributed by atoms with Gasteiger partial charge in [-0.1, -0.05) is 24.3 Å². The van der Waals surface area contributed by atoms with Crippen molar-refractivity contribution in [2.75, 3.05) is 5.32 Å². The second-order valence-corrected chi connectivity index (χ2v) is 4.39. The van der Waals surface area contributed by atoms with E-state index >= 15 is 0 Å². The highest BCUT2D eigenvalue weighted by Gasteiger charge is 2.08. The Labute approximate surface area is 126 Å². The molecule has 0 aliphatic carbocycles. The molecule has 6 heteroatoms. The Morgan fingerprint density at radius 1 is 1.05 bits per heavy atom. The third kappa shape index (κ3) is 4.17. The van der Waals surface area contributed by atoms with Crippen molar-refractivity contribution in [1.29, 1.82) is 0 Å². The Morgan fingerprint density at radius 2 is 1.73 bits per heavy atom. The Hall–Kier alpha value is -3.15. The highest BCUT2D eigenvalue weighted by Crippen LogP contribution is 2.13. The Bertz CT molecular complexity index is 712. The molecule has 0 unspecified atom stereocenters. The zero-order valence-corrected chi connectivity index (χ0v) is 11.5. The van der Waals surface area contributed by atoms with Crippen molar-refractivity contribution in [2.45, 2.75) is 0 Å². The number of urea groups is 1. The summed E-state index contributed by atoms with van der Waals surface area (Å²) in [6, 6.07) is 11.7. The van der Waals surface area contributed by atoms with Gasteiger partial charge in [0.25, 0.3) is 5.91 Å². The molecule has 2 aromatic rings. The van der Waals surface area contributed by atoms with E-state index in [1.54, 1.807) is 36.4 Å². The molecule has 2 aromatic carbocycles. The maximum absolute atomic E-state index is 12.7. The highest BCUT2D eigenvalue weighted by atomic mass is 19.1. The van der Waals surface area contributed by atoms with Crippen molar-refractivity contribution in [2.24, 2.45) is 5.73 Å². The van der Waals surface area contributed by atoms with Crippen molar-refractivity contribution in [3.05, 3.63) is 71.7 Å². The maximum Gasteiger partial charge on any atom is 0.323 e. The van der Waals surface area contributed by atoms with E-state index in [-0.39, 0.29) is 11.4 Å². The summed E-state index contributed by atoms with van der Waals surface area (Å²) in [5, 5.41) is 5.01. The summed E-state index contributed by atoms with van der Waals surface area (Å²) in [7, 11) is 0. The lowest BCUT2D eigenvalue weighted by atomic mass is 10.1. The van der Waals surface area contributed by atoms with Gasteiger partial charge in [0, 0.05) is 6.20 Å². The maximum atomic E-state index is 12.7. The average molecular weight is 299 g/mol. The number of rotatable bonds is 4. The Balaban J connectivity index is 1.96.